The molecule has 1 atom stereocenters. The van der Waals surface area contributed by atoms with Gasteiger partial charge in [-0.2, -0.15) is 5.10 Å². The van der Waals surface area contributed by atoms with E-state index in [9.17, 15) is 8.42 Å². The maximum absolute atomic E-state index is 13.0. The summed E-state index contributed by atoms with van der Waals surface area (Å²) in [5, 5.41) is 3.11. The van der Waals surface area contributed by atoms with Gasteiger partial charge in [0, 0.05) is 0 Å². The Morgan fingerprint density at radius 3 is 2.48 bits per heavy atom. The molecule has 122 valence electrons. The molecule has 1 aromatic rings. The van der Waals surface area contributed by atoms with Crippen LogP contribution in [0.25, 0.3) is 0 Å². The molecule has 2 aliphatic rings. The molecule has 0 aliphatic heterocycles. The lowest BCUT2D eigenvalue weighted by Crippen LogP contribution is -2.33. The smallest absolute Gasteiger partial charge is 0.190 e. The minimum absolute atomic E-state index is 0.316. The Morgan fingerprint density at radius 1 is 1.09 bits per heavy atom. The highest BCUT2D eigenvalue weighted by Crippen LogP contribution is 2.33. The van der Waals surface area contributed by atoms with E-state index in [1.54, 1.807) is 18.2 Å². The summed E-state index contributed by atoms with van der Waals surface area (Å²) in [4.78, 5) is 0.316. The molecule has 2 aliphatic carbocycles. The van der Waals surface area contributed by atoms with Gasteiger partial charge < -0.3 is 5.84 Å². The maximum atomic E-state index is 13.0. The molecule has 0 aromatic heterocycles. The molecule has 1 unspecified atom stereocenters. The fourth-order valence-electron chi connectivity index (χ4n) is 3.32. The Morgan fingerprint density at radius 2 is 1.78 bits per heavy atom. The Labute approximate surface area is 137 Å². The fourth-order valence-corrected chi connectivity index (χ4v) is 4.92. The highest BCUT2D eigenvalue weighted by atomic mass is 32.2. The average molecular weight is 330 g/mol. The van der Waals surface area contributed by atoms with Gasteiger partial charge in [-0.05, 0) is 55.9 Å². The van der Waals surface area contributed by atoms with Gasteiger partial charge in [0.25, 0.3) is 0 Å². The summed E-state index contributed by atoms with van der Waals surface area (Å²) in [5.74, 6) is 5.61. The van der Waals surface area contributed by atoms with Crippen LogP contribution in [0.2, 0.25) is 0 Å². The Bertz CT molecular complexity index is 787. The zero-order valence-corrected chi connectivity index (χ0v) is 14.1. The monoisotopic (exact) mass is 330 g/mol. The zero-order chi connectivity index (χ0) is 16.4. The molecule has 2 N–H and O–H groups in total. The van der Waals surface area contributed by atoms with Gasteiger partial charge in [0.1, 0.15) is 5.25 Å². The average Bonchev–Trinajstić information content (AvgIpc) is 2.79. The first-order valence-corrected chi connectivity index (χ1v) is 9.57. The molecular weight excluding hydrogens is 308 g/mol. The van der Waals surface area contributed by atoms with E-state index in [-0.39, 0.29) is 0 Å². The second-order valence-corrected chi connectivity index (χ2v) is 8.29. The minimum atomic E-state index is -3.53. The van der Waals surface area contributed by atoms with E-state index in [2.05, 4.69) is 5.10 Å². The van der Waals surface area contributed by atoms with Gasteiger partial charge in [-0.1, -0.05) is 36.3 Å². The molecule has 0 radical (unpaired) electrons. The number of nitrogens with two attached hydrogens (primary N) is 1. The van der Waals surface area contributed by atoms with Crippen molar-refractivity contribution in [2.45, 2.75) is 49.2 Å². The van der Waals surface area contributed by atoms with Crippen LogP contribution in [-0.2, 0) is 9.84 Å². The van der Waals surface area contributed by atoms with Crippen LogP contribution in [0.1, 0.15) is 37.7 Å². The molecule has 0 spiro atoms. The van der Waals surface area contributed by atoms with Crippen molar-refractivity contribution in [3.63, 3.8) is 0 Å². The van der Waals surface area contributed by atoms with E-state index >= 15 is 0 Å². The number of sulfone groups is 1. The molecule has 1 aromatic carbocycles. The van der Waals surface area contributed by atoms with Crippen LogP contribution in [0.5, 0.6) is 0 Å². The molecule has 0 amide bonds. The minimum Gasteiger partial charge on any atom is -0.323 e. The first-order chi connectivity index (χ1) is 11.0. The summed E-state index contributed by atoms with van der Waals surface area (Å²) in [6.45, 7) is 1.94. The highest BCUT2D eigenvalue weighted by molar-refractivity contribution is 7.93. The topological polar surface area (TPSA) is 72.5 Å². The third-order valence-corrected chi connectivity index (χ3v) is 6.61. The predicted molar refractivity (Wildman–Crippen MR) is 93.0 cm³/mol. The quantitative estimate of drug-likeness (QED) is 0.668. The Hall–Kier alpha value is -1.88. The second-order valence-electron chi connectivity index (χ2n) is 6.22. The molecule has 4 nitrogen and oxygen atoms in total. The van der Waals surface area contributed by atoms with Crippen LogP contribution in [0.15, 0.2) is 57.6 Å². The fraction of sp³-hybridized carbons (Fsp3) is 0.389. The number of aryl methyl sites for hydroxylation is 1. The van der Waals surface area contributed by atoms with Gasteiger partial charge in [0.2, 0.25) is 0 Å². The van der Waals surface area contributed by atoms with Gasteiger partial charge in [0.05, 0.1) is 10.6 Å². The van der Waals surface area contributed by atoms with Gasteiger partial charge in [0.15, 0.2) is 9.84 Å². The molecule has 3 rings (SSSR count). The summed E-state index contributed by atoms with van der Waals surface area (Å²) in [7, 11) is -3.53. The van der Waals surface area contributed by atoms with Gasteiger partial charge >= 0.3 is 0 Å². The van der Waals surface area contributed by atoms with Crippen molar-refractivity contribution < 1.29 is 8.42 Å². The number of hydrogen-bond acceptors (Lipinski definition) is 4. The van der Waals surface area contributed by atoms with Crippen molar-refractivity contribution in [1.29, 1.82) is 0 Å². The number of nitrogens with zero attached hydrogens (tertiary/aromatic N) is 1. The molecule has 5 heteroatoms. The lowest BCUT2D eigenvalue weighted by molar-refractivity contribution is 0.595. The van der Waals surface area contributed by atoms with E-state index in [0.29, 0.717) is 10.6 Å². The van der Waals surface area contributed by atoms with E-state index < -0.39 is 15.1 Å². The van der Waals surface area contributed by atoms with Gasteiger partial charge in [-0.25, -0.2) is 8.42 Å². The van der Waals surface area contributed by atoms with Gasteiger partial charge in [-0.15, -0.1) is 0 Å². The van der Waals surface area contributed by atoms with Crippen LogP contribution in [0.3, 0.4) is 0 Å². The third-order valence-electron chi connectivity index (χ3n) is 4.63. The van der Waals surface area contributed by atoms with E-state index in [1.807, 2.05) is 25.1 Å². The summed E-state index contributed by atoms with van der Waals surface area (Å²) >= 11 is 0. The number of hydrogen-bond donors (Lipinski definition) is 1. The van der Waals surface area contributed by atoms with E-state index in [0.717, 1.165) is 43.2 Å². The van der Waals surface area contributed by atoms with E-state index in [1.165, 1.54) is 5.57 Å². The van der Waals surface area contributed by atoms with Crippen LogP contribution in [0, 0.1) is 6.92 Å². The highest BCUT2D eigenvalue weighted by Gasteiger charge is 2.35. The van der Waals surface area contributed by atoms with Crippen LogP contribution >= 0.6 is 0 Å². The summed E-state index contributed by atoms with van der Waals surface area (Å²) in [5.41, 5.74) is 3.78. The number of hydrazone groups is 1. The Kier molecular flexibility index (Phi) is 4.39. The van der Waals surface area contributed by atoms with Crippen LogP contribution in [-0.4, -0.2) is 19.4 Å². The maximum Gasteiger partial charge on any atom is 0.190 e. The molecule has 0 saturated carbocycles. The van der Waals surface area contributed by atoms with Gasteiger partial charge in [-0.3, -0.25) is 0 Å². The SMILES string of the molecule is Cc1ccc(S(=O)(=O)C2C=CC3=C(CCCCC3)C2=NN)cc1. The Balaban J connectivity index is 2.02. The van der Waals surface area contributed by atoms with E-state index in [4.69, 9.17) is 5.84 Å². The summed E-state index contributed by atoms with van der Waals surface area (Å²) < 4.78 is 26.0. The standard InChI is InChI=1S/C18H22N2O2S/c1-13-7-10-15(11-8-13)23(21,22)17-12-9-14-5-3-2-4-6-16(14)18(17)20-19/h7-12,17H,2-6,19H2,1H3. The number of rotatable bonds is 2. The predicted octanol–water partition coefficient (Wildman–Crippen LogP) is 3.28. The lowest BCUT2D eigenvalue weighted by atomic mass is 9.92. The first kappa shape index (κ1) is 16.0. The molecule has 0 heterocycles. The number of benzene rings is 1. The van der Waals surface area contributed by atoms with Crippen molar-refractivity contribution in [1.82, 2.24) is 0 Å². The third kappa shape index (κ3) is 2.98. The van der Waals surface area contributed by atoms with Crippen LogP contribution in [0.4, 0.5) is 0 Å². The largest absolute Gasteiger partial charge is 0.323 e. The first-order valence-electron chi connectivity index (χ1n) is 8.03. The van der Waals surface area contributed by atoms with Crippen LogP contribution < -0.4 is 5.84 Å². The molecular formula is C18H22N2O2S. The lowest BCUT2D eigenvalue weighted by Gasteiger charge is -2.23. The van der Waals surface area contributed by atoms with Crippen molar-refractivity contribution in [3.8, 4) is 0 Å². The summed E-state index contributed by atoms with van der Waals surface area (Å²) in [6.07, 6.45) is 8.89. The van der Waals surface area contributed by atoms with Crippen molar-refractivity contribution in [2.75, 3.05) is 0 Å². The normalized spacial score (nSPS) is 23.7. The van der Waals surface area contributed by atoms with Crippen molar-refractivity contribution in [3.05, 3.63) is 53.1 Å². The summed E-state index contributed by atoms with van der Waals surface area (Å²) in [6, 6.07) is 6.94. The second kappa shape index (κ2) is 6.32. The van der Waals surface area contributed by atoms with Crippen molar-refractivity contribution >= 4 is 15.5 Å². The zero-order valence-electron chi connectivity index (χ0n) is 13.3. The molecule has 0 bridgehead atoms. The molecule has 0 saturated heterocycles. The number of allylic oxidation sites excluding steroid dienone is 3. The molecule has 0 fully saturated rings. The van der Waals surface area contributed by atoms with Crippen molar-refractivity contribution in [2.24, 2.45) is 10.9 Å². The molecule has 23 heavy (non-hydrogen) atoms.